The third kappa shape index (κ3) is 6.18. The molecule has 32 heavy (non-hydrogen) atoms. The van der Waals surface area contributed by atoms with E-state index in [1.54, 1.807) is 36.4 Å². The minimum atomic E-state index is -0.604. The largest absolute Gasteiger partial charge is 0.497 e. The minimum absolute atomic E-state index is 0.181. The Kier molecular flexibility index (Phi) is 7.59. The van der Waals surface area contributed by atoms with Gasteiger partial charge in [0.1, 0.15) is 5.75 Å². The Morgan fingerprint density at radius 3 is 2.25 bits per heavy atom. The fourth-order valence-corrected chi connectivity index (χ4v) is 2.96. The summed E-state index contributed by atoms with van der Waals surface area (Å²) < 4.78 is 10.2. The monoisotopic (exact) mass is 432 g/mol. The molecule has 0 radical (unpaired) electrons. The number of rotatable bonds is 8. The van der Waals surface area contributed by atoms with Crippen molar-refractivity contribution in [1.82, 2.24) is 4.90 Å². The number of anilines is 1. The van der Waals surface area contributed by atoms with Crippen molar-refractivity contribution in [2.24, 2.45) is 0 Å². The van der Waals surface area contributed by atoms with Crippen molar-refractivity contribution in [3.05, 3.63) is 84.4 Å². The van der Waals surface area contributed by atoms with Crippen LogP contribution in [0.25, 0.3) is 11.1 Å². The number of carbonyl (C=O) groups excluding carboxylic acids is 3. The first-order chi connectivity index (χ1) is 15.5. The number of hydrogen-bond acceptors (Lipinski definition) is 5. The molecule has 0 saturated carbocycles. The first kappa shape index (κ1) is 22.6. The quantitative estimate of drug-likeness (QED) is 0.550. The van der Waals surface area contributed by atoms with E-state index in [4.69, 9.17) is 9.47 Å². The average molecular weight is 432 g/mol. The van der Waals surface area contributed by atoms with Gasteiger partial charge in [0.05, 0.1) is 19.2 Å². The Labute approximate surface area is 186 Å². The van der Waals surface area contributed by atoms with Gasteiger partial charge in [-0.15, -0.1) is 0 Å². The second-order valence-corrected chi connectivity index (χ2v) is 7.05. The van der Waals surface area contributed by atoms with Crippen LogP contribution in [0.15, 0.2) is 78.9 Å². The number of methoxy groups -OCH3 is 1. The molecule has 0 atom stereocenters. The number of amides is 2. The lowest BCUT2D eigenvalue weighted by Gasteiger charge is -2.17. The van der Waals surface area contributed by atoms with Gasteiger partial charge in [-0.2, -0.15) is 0 Å². The summed E-state index contributed by atoms with van der Waals surface area (Å²) in [5.74, 6) is -0.861. The lowest BCUT2D eigenvalue weighted by atomic mass is 10.0. The van der Waals surface area contributed by atoms with E-state index in [2.05, 4.69) is 5.32 Å². The highest BCUT2D eigenvalue weighted by molar-refractivity contribution is 5.95. The van der Waals surface area contributed by atoms with Gasteiger partial charge in [-0.05, 0) is 35.4 Å². The van der Waals surface area contributed by atoms with Crippen LogP contribution < -0.4 is 10.1 Å². The van der Waals surface area contributed by atoms with Crippen LogP contribution in [0.1, 0.15) is 10.4 Å². The molecule has 0 aliphatic heterocycles. The zero-order valence-electron chi connectivity index (χ0n) is 17.9. The summed E-state index contributed by atoms with van der Waals surface area (Å²) in [5, 5.41) is 2.69. The van der Waals surface area contributed by atoms with Crippen LogP contribution in [0.3, 0.4) is 0 Å². The third-order valence-corrected chi connectivity index (χ3v) is 4.71. The van der Waals surface area contributed by atoms with Crippen LogP contribution in [-0.4, -0.2) is 50.0 Å². The molecule has 7 heteroatoms. The van der Waals surface area contributed by atoms with Gasteiger partial charge in [0.2, 0.25) is 5.91 Å². The number of nitrogens with zero attached hydrogens (tertiary/aromatic N) is 1. The van der Waals surface area contributed by atoms with Crippen LogP contribution >= 0.6 is 0 Å². The second-order valence-electron chi connectivity index (χ2n) is 7.05. The molecule has 0 heterocycles. The fraction of sp³-hybridized carbons (Fsp3) is 0.160. The number of esters is 1. The topological polar surface area (TPSA) is 84.9 Å². The van der Waals surface area contributed by atoms with Crippen LogP contribution in [-0.2, 0) is 14.3 Å². The molecular weight excluding hydrogens is 408 g/mol. The van der Waals surface area contributed by atoms with Crippen LogP contribution in [0.5, 0.6) is 5.75 Å². The van der Waals surface area contributed by atoms with Crippen molar-refractivity contribution in [1.29, 1.82) is 0 Å². The Hall–Kier alpha value is -4.13. The highest BCUT2D eigenvalue weighted by Crippen LogP contribution is 2.19. The molecule has 0 aliphatic rings. The predicted molar refractivity (Wildman–Crippen MR) is 121 cm³/mol. The van der Waals surface area contributed by atoms with Gasteiger partial charge in [-0.25, -0.2) is 4.79 Å². The van der Waals surface area contributed by atoms with Gasteiger partial charge in [0.25, 0.3) is 5.91 Å². The molecule has 3 aromatic carbocycles. The van der Waals surface area contributed by atoms with Crippen molar-refractivity contribution < 1.29 is 23.9 Å². The Morgan fingerprint density at radius 2 is 1.56 bits per heavy atom. The molecule has 0 saturated heterocycles. The maximum Gasteiger partial charge on any atom is 0.338 e. The van der Waals surface area contributed by atoms with E-state index in [0.717, 1.165) is 11.1 Å². The molecule has 0 aromatic heterocycles. The van der Waals surface area contributed by atoms with Crippen molar-refractivity contribution in [2.45, 2.75) is 0 Å². The molecule has 0 unspecified atom stereocenters. The summed E-state index contributed by atoms with van der Waals surface area (Å²) in [6, 6.07) is 23.6. The van der Waals surface area contributed by atoms with Crippen molar-refractivity contribution in [3.63, 3.8) is 0 Å². The van der Waals surface area contributed by atoms with Crippen molar-refractivity contribution >= 4 is 23.5 Å². The van der Waals surface area contributed by atoms with Crippen molar-refractivity contribution in [3.8, 4) is 16.9 Å². The first-order valence-corrected chi connectivity index (χ1v) is 9.97. The molecule has 0 spiro atoms. The summed E-state index contributed by atoms with van der Waals surface area (Å²) in [6.45, 7) is -0.637. The summed E-state index contributed by atoms with van der Waals surface area (Å²) in [7, 11) is 3.00. The Morgan fingerprint density at radius 1 is 0.875 bits per heavy atom. The molecule has 3 rings (SSSR count). The van der Waals surface area contributed by atoms with Gasteiger partial charge >= 0.3 is 5.97 Å². The number of nitrogens with one attached hydrogen (secondary N) is 1. The van der Waals surface area contributed by atoms with Crippen molar-refractivity contribution in [2.75, 3.05) is 32.6 Å². The number of carbonyl (C=O) groups is 3. The highest BCUT2D eigenvalue weighted by atomic mass is 16.5. The molecule has 0 fully saturated rings. The van der Waals surface area contributed by atoms with E-state index < -0.39 is 18.5 Å². The van der Waals surface area contributed by atoms with E-state index in [1.165, 1.54) is 19.1 Å². The number of ether oxygens (including phenoxy) is 2. The molecule has 1 N–H and O–H groups in total. The lowest BCUT2D eigenvalue weighted by molar-refractivity contribution is -0.136. The van der Waals surface area contributed by atoms with Crippen LogP contribution in [0, 0.1) is 0 Å². The molecule has 0 bridgehead atoms. The predicted octanol–water partition coefficient (Wildman–Crippen LogP) is 3.62. The smallest absolute Gasteiger partial charge is 0.338 e. The minimum Gasteiger partial charge on any atom is -0.497 e. The lowest BCUT2D eigenvalue weighted by Crippen LogP contribution is -2.37. The summed E-state index contributed by atoms with van der Waals surface area (Å²) in [4.78, 5) is 37.9. The SMILES string of the molecule is COc1cccc(NC(=O)CN(C)C(=O)COC(=O)c2ccc(-c3ccccc3)cc2)c1. The number of likely N-dealkylation sites (N-methyl/N-ethyl adjacent to an activating group) is 1. The molecule has 2 amide bonds. The Bertz CT molecular complexity index is 1080. The average Bonchev–Trinajstić information content (AvgIpc) is 2.83. The van der Waals surface area contributed by atoms with E-state index in [9.17, 15) is 14.4 Å². The van der Waals surface area contributed by atoms with E-state index in [0.29, 0.717) is 17.0 Å². The molecule has 0 aliphatic carbocycles. The zero-order chi connectivity index (χ0) is 22.9. The standard InChI is InChI=1S/C25H24N2O5/c1-27(16-23(28)26-21-9-6-10-22(15-21)31-2)24(29)17-32-25(30)20-13-11-19(12-14-20)18-7-4-3-5-8-18/h3-15H,16-17H2,1-2H3,(H,26,28). The highest BCUT2D eigenvalue weighted by Gasteiger charge is 2.16. The second kappa shape index (κ2) is 10.8. The van der Waals surface area contributed by atoms with Gasteiger partial charge in [-0.3, -0.25) is 9.59 Å². The van der Waals surface area contributed by atoms with Crippen LogP contribution in [0.2, 0.25) is 0 Å². The molecule has 3 aromatic rings. The maximum absolute atomic E-state index is 12.3. The third-order valence-electron chi connectivity index (χ3n) is 4.71. The van der Waals surface area contributed by atoms with E-state index in [1.807, 2.05) is 42.5 Å². The van der Waals surface area contributed by atoms with E-state index in [-0.39, 0.29) is 12.5 Å². The van der Waals surface area contributed by atoms with Gasteiger partial charge in [0, 0.05) is 18.8 Å². The van der Waals surface area contributed by atoms with E-state index >= 15 is 0 Å². The summed E-state index contributed by atoms with van der Waals surface area (Å²) >= 11 is 0. The van der Waals surface area contributed by atoms with Crippen LogP contribution in [0.4, 0.5) is 5.69 Å². The summed E-state index contributed by atoms with van der Waals surface area (Å²) in [5.41, 5.74) is 2.91. The molecule has 164 valence electrons. The maximum atomic E-state index is 12.3. The number of hydrogen-bond donors (Lipinski definition) is 1. The molecular formula is C25H24N2O5. The van der Waals surface area contributed by atoms with Gasteiger partial charge in [-0.1, -0.05) is 48.5 Å². The number of benzene rings is 3. The zero-order valence-corrected chi connectivity index (χ0v) is 17.9. The molecule has 7 nitrogen and oxygen atoms in total. The summed E-state index contributed by atoms with van der Waals surface area (Å²) in [6.07, 6.45) is 0. The first-order valence-electron chi connectivity index (χ1n) is 9.97. The normalized spacial score (nSPS) is 10.2. The van der Waals surface area contributed by atoms with Gasteiger partial charge in [0.15, 0.2) is 6.61 Å². The fourth-order valence-electron chi connectivity index (χ4n) is 2.96. The van der Waals surface area contributed by atoms with Gasteiger partial charge < -0.3 is 19.7 Å². The Balaban J connectivity index is 1.47.